The van der Waals surface area contributed by atoms with Crippen molar-refractivity contribution in [3.63, 3.8) is 0 Å². The van der Waals surface area contributed by atoms with Crippen LogP contribution in [0.5, 0.6) is 0 Å². The van der Waals surface area contributed by atoms with Crippen LogP contribution in [-0.2, 0) is 11.2 Å². The van der Waals surface area contributed by atoms with Gasteiger partial charge in [-0.15, -0.1) is 0 Å². The zero-order valence-electron chi connectivity index (χ0n) is 13.4. The van der Waals surface area contributed by atoms with Crippen LogP contribution in [0.3, 0.4) is 0 Å². The summed E-state index contributed by atoms with van der Waals surface area (Å²) in [6, 6.07) is 12.0. The van der Waals surface area contributed by atoms with E-state index in [1.54, 1.807) is 12.4 Å². The Morgan fingerprint density at radius 2 is 2.04 bits per heavy atom. The molecular weight excluding hydrogens is 286 g/mol. The zero-order valence-corrected chi connectivity index (χ0v) is 13.4. The highest BCUT2D eigenvalue weighted by atomic mass is 16.1. The second-order valence-corrected chi connectivity index (χ2v) is 5.98. The monoisotopic (exact) mass is 307 g/mol. The number of amides is 1. The van der Waals surface area contributed by atoms with Crippen molar-refractivity contribution < 1.29 is 4.79 Å². The van der Waals surface area contributed by atoms with Crippen LogP contribution in [-0.4, -0.2) is 15.9 Å². The Morgan fingerprint density at radius 3 is 2.83 bits per heavy atom. The third-order valence-corrected chi connectivity index (χ3v) is 4.19. The zero-order chi connectivity index (χ0) is 16.2. The fourth-order valence-electron chi connectivity index (χ4n) is 2.79. The van der Waals surface area contributed by atoms with Crippen LogP contribution in [0.25, 0.3) is 10.9 Å². The Hall–Kier alpha value is -2.62. The van der Waals surface area contributed by atoms with Crippen molar-refractivity contribution in [3.8, 4) is 0 Å². The fraction of sp³-hybridized carbons (Fsp3) is 0.263. The van der Waals surface area contributed by atoms with Gasteiger partial charge in [0.05, 0.1) is 6.04 Å². The highest BCUT2D eigenvalue weighted by Gasteiger charge is 2.18. The molecule has 4 heteroatoms. The lowest BCUT2D eigenvalue weighted by Gasteiger charge is -2.17. The van der Waals surface area contributed by atoms with Gasteiger partial charge in [0.15, 0.2) is 0 Å². The van der Waals surface area contributed by atoms with Crippen LogP contribution in [0.4, 0.5) is 0 Å². The normalized spacial score (nSPS) is 13.7. The number of carbonyl (C=O) groups excluding carboxylic acids is 1. The smallest absolute Gasteiger partial charge is 0.223 e. The van der Waals surface area contributed by atoms with E-state index in [4.69, 9.17) is 0 Å². The van der Waals surface area contributed by atoms with Crippen LogP contribution in [0.15, 0.2) is 55.0 Å². The molecule has 2 heterocycles. The quantitative estimate of drug-likeness (QED) is 0.756. The Labute approximate surface area is 136 Å². The number of hydrogen-bond acceptors (Lipinski definition) is 2. The van der Waals surface area contributed by atoms with Gasteiger partial charge in [0.1, 0.15) is 0 Å². The molecule has 0 fully saturated rings. The van der Waals surface area contributed by atoms with Gasteiger partial charge in [0.2, 0.25) is 5.91 Å². The molecule has 1 amide bonds. The number of H-pyrrole nitrogens is 1. The van der Waals surface area contributed by atoms with Gasteiger partial charge in [-0.25, -0.2) is 0 Å². The molecule has 3 rings (SSSR count). The molecule has 0 spiro atoms. The van der Waals surface area contributed by atoms with Crippen LogP contribution in [0, 0.1) is 5.92 Å². The van der Waals surface area contributed by atoms with Gasteiger partial charge in [0.25, 0.3) is 0 Å². The van der Waals surface area contributed by atoms with E-state index in [-0.39, 0.29) is 17.9 Å². The highest BCUT2D eigenvalue weighted by Crippen LogP contribution is 2.21. The average Bonchev–Trinajstić information content (AvgIpc) is 2.98. The molecule has 2 aromatic heterocycles. The van der Waals surface area contributed by atoms with E-state index in [1.807, 2.05) is 50.4 Å². The molecule has 23 heavy (non-hydrogen) atoms. The molecule has 118 valence electrons. The molecule has 2 atom stereocenters. The summed E-state index contributed by atoms with van der Waals surface area (Å²) in [5, 5.41) is 4.25. The largest absolute Gasteiger partial charge is 0.361 e. The van der Waals surface area contributed by atoms with Gasteiger partial charge in [-0.1, -0.05) is 31.2 Å². The molecule has 0 saturated carbocycles. The van der Waals surface area contributed by atoms with Gasteiger partial charge in [-0.3, -0.25) is 9.78 Å². The first kappa shape index (κ1) is 15.3. The number of rotatable bonds is 5. The maximum atomic E-state index is 12.4. The van der Waals surface area contributed by atoms with Crippen molar-refractivity contribution in [3.05, 3.63) is 66.1 Å². The first-order valence-electron chi connectivity index (χ1n) is 7.90. The number of pyridine rings is 1. The van der Waals surface area contributed by atoms with Gasteiger partial charge >= 0.3 is 0 Å². The summed E-state index contributed by atoms with van der Waals surface area (Å²) in [5.74, 6) is -0.0278. The Morgan fingerprint density at radius 1 is 1.22 bits per heavy atom. The van der Waals surface area contributed by atoms with Crippen molar-refractivity contribution >= 4 is 16.8 Å². The Kier molecular flexibility index (Phi) is 4.42. The van der Waals surface area contributed by atoms with E-state index in [0.717, 1.165) is 17.5 Å². The minimum atomic E-state index is -0.0895. The van der Waals surface area contributed by atoms with E-state index in [0.29, 0.717) is 0 Å². The number of nitrogens with zero attached hydrogens (tertiary/aromatic N) is 1. The summed E-state index contributed by atoms with van der Waals surface area (Å²) in [4.78, 5) is 19.8. The van der Waals surface area contributed by atoms with Crippen LogP contribution in [0.2, 0.25) is 0 Å². The van der Waals surface area contributed by atoms with Gasteiger partial charge in [-0.2, -0.15) is 0 Å². The summed E-state index contributed by atoms with van der Waals surface area (Å²) >= 11 is 0. The summed E-state index contributed by atoms with van der Waals surface area (Å²) in [5.41, 5.74) is 3.30. The Bertz CT molecular complexity index is 794. The van der Waals surface area contributed by atoms with Crippen molar-refractivity contribution in [1.29, 1.82) is 0 Å². The van der Waals surface area contributed by atoms with Gasteiger partial charge in [-0.05, 0) is 36.6 Å². The summed E-state index contributed by atoms with van der Waals surface area (Å²) in [7, 11) is 0. The molecule has 2 unspecified atom stereocenters. The molecule has 1 aromatic carbocycles. The molecule has 4 nitrogen and oxygen atoms in total. The lowest BCUT2D eigenvalue weighted by molar-refractivity contribution is -0.125. The second-order valence-electron chi connectivity index (χ2n) is 5.98. The van der Waals surface area contributed by atoms with Crippen molar-refractivity contribution in [2.75, 3.05) is 0 Å². The number of benzene rings is 1. The van der Waals surface area contributed by atoms with E-state index in [1.165, 1.54) is 10.9 Å². The second kappa shape index (κ2) is 6.65. The summed E-state index contributed by atoms with van der Waals surface area (Å²) in [6.45, 7) is 3.94. The third-order valence-electron chi connectivity index (χ3n) is 4.19. The molecule has 0 bridgehead atoms. The number of aromatic nitrogens is 2. The molecular formula is C19H21N3O. The molecule has 0 saturated heterocycles. The number of carbonyl (C=O) groups is 1. The van der Waals surface area contributed by atoms with E-state index in [9.17, 15) is 4.79 Å². The SMILES string of the molecule is CC(Cc1c[nH]c2ccccc12)C(=O)NC(C)c1cccnc1. The van der Waals surface area contributed by atoms with Crippen LogP contribution >= 0.6 is 0 Å². The summed E-state index contributed by atoms with van der Waals surface area (Å²) < 4.78 is 0. The Balaban J connectivity index is 1.66. The molecule has 0 aliphatic rings. The first-order valence-corrected chi connectivity index (χ1v) is 7.90. The van der Waals surface area contributed by atoms with Crippen molar-refractivity contribution in [1.82, 2.24) is 15.3 Å². The number of nitrogens with one attached hydrogen (secondary N) is 2. The van der Waals surface area contributed by atoms with Crippen LogP contribution in [0.1, 0.15) is 31.0 Å². The number of aromatic amines is 1. The van der Waals surface area contributed by atoms with Crippen LogP contribution < -0.4 is 5.32 Å². The minimum absolute atomic E-state index is 0.0402. The maximum Gasteiger partial charge on any atom is 0.223 e. The molecule has 0 radical (unpaired) electrons. The molecule has 3 aromatic rings. The highest BCUT2D eigenvalue weighted by molar-refractivity contribution is 5.84. The third kappa shape index (κ3) is 3.42. The number of para-hydroxylation sites is 1. The van der Waals surface area contributed by atoms with Crippen molar-refractivity contribution in [2.24, 2.45) is 5.92 Å². The predicted molar refractivity (Wildman–Crippen MR) is 92.0 cm³/mol. The summed E-state index contributed by atoms with van der Waals surface area (Å²) in [6.07, 6.45) is 6.24. The number of fused-ring (bicyclic) bond motifs is 1. The predicted octanol–water partition coefficient (Wildman–Crippen LogP) is 3.62. The van der Waals surface area contributed by atoms with E-state index in [2.05, 4.69) is 21.4 Å². The lowest BCUT2D eigenvalue weighted by atomic mass is 9.99. The van der Waals surface area contributed by atoms with E-state index >= 15 is 0 Å². The maximum absolute atomic E-state index is 12.4. The standard InChI is InChI=1S/C19H21N3O/c1-13(10-16-12-21-18-8-4-3-7-17(16)18)19(23)22-14(2)15-6-5-9-20-11-15/h3-9,11-14,21H,10H2,1-2H3,(H,22,23). The van der Waals surface area contributed by atoms with Gasteiger partial charge in [0, 0.05) is 35.4 Å². The molecule has 0 aliphatic carbocycles. The number of hydrogen-bond donors (Lipinski definition) is 2. The van der Waals surface area contributed by atoms with Crippen molar-refractivity contribution in [2.45, 2.75) is 26.3 Å². The lowest BCUT2D eigenvalue weighted by Crippen LogP contribution is -2.32. The molecule has 0 aliphatic heterocycles. The average molecular weight is 307 g/mol. The fourth-order valence-corrected chi connectivity index (χ4v) is 2.79. The van der Waals surface area contributed by atoms with E-state index < -0.39 is 0 Å². The first-order chi connectivity index (χ1) is 11.1. The molecule has 2 N–H and O–H groups in total. The minimum Gasteiger partial charge on any atom is -0.361 e. The topological polar surface area (TPSA) is 57.8 Å². The van der Waals surface area contributed by atoms with Gasteiger partial charge < -0.3 is 10.3 Å².